The number of nitrogen functional groups attached to an aromatic ring is 1. The van der Waals surface area contributed by atoms with Gasteiger partial charge in [-0.05, 0) is 48.4 Å². The smallest absolute Gasteiger partial charge is 0.419 e. The minimum Gasteiger partial charge on any atom is -0.439 e. The number of aryl methyl sites for hydroxylation is 1. The minimum atomic E-state index is -4.95. The van der Waals surface area contributed by atoms with Crippen LogP contribution in [-0.2, 0) is 17.4 Å². The molecule has 1 saturated heterocycles. The van der Waals surface area contributed by atoms with Crippen LogP contribution in [0, 0.1) is 5.82 Å². The zero-order chi connectivity index (χ0) is 24.6. The molecule has 0 aliphatic carbocycles. The Morgan fingerprint density at radius 3 is 2.50 bits per heavy atom. The molecule has 1 aliphatic heterocycles. The molecule has 3 amide bonds. The van der Waals surface area contributed by atoms with E-state index in [9.17, 15) is 27.2 Å². The second kappa shape index (κ2) is 8.61. The molecule has 0 bridgehead atoms. The number of aromatic nitrogens is 2. The lowest BCUT2D eigenvalue weighted by Gasteiger charge is -2.19. The number of anilines is 3. The highest BCUT2D eigenvalue weighted by Crippen LogP contribution is 2.36. The molecule has 2 heterocycles. The van der Waals surface area contributed by atoms with E-state index in [0.29, 0.717) is 29.9 Å². The van der Waals surface area contributed by atoms with Crippen molar-refractivity contribution in [3.63, 3.8) is 0 Å². The maximum atomic E-state index is 13.6. The van der Waals surface area contributed by atoms with E-state index in [1.165, 1.54) is 24.4 Å². The Hall–Kier alpha value is -4.22. The van der Waals surface area contributed by atoms with Crippen LogP contribution in [0.2, 0.25) is 0 Å². The molecule has 0 radical (unpaired) electrons. The van der Waals surface area contributed by atoms with E-state index >= 15 is 0 Å². The standard InChI is InChI=1S/C22H17F4N5O3/c1-2-12-9-14(4-6-17(12)34-18-7-8-28-20(27)29-18)31-19(32)11-30(21(31)33)13-3-5-16(23)15(10-13)22(24,25)26/h3-10H,2,11H2,1H3,(H2,27,28,29). The van der Waals surface area contributed by atoms with Gasteiger partial charge in [0, 0.05) is 18.0 Å². The van der Waals surface area contributed by atoms with Crippen molar-refractivity contribution in [2.75, 3.05) is 22.1 Å². The van der Waals surface area contributed by atoms with Crippen LogP contribution in [-0.4, -0.2) is 28.5 Å². The van der Waals surface area contributed by atoms with Crippen LogP contribution >= 0.6 is 0 Å². The number of halogens is 4. The van der Waals surface area contributed by atoms with E-state index in [1.54, 1.807) is 6.07 Å². The molecule has 1 fully saturated rings. The van der Waals surface area contributed by atoms with Gasteiger partial charge in [-0.2, -0.15) is 18.2 Å². The molecule has 2 aromatic carbocycles. The summed E-state index contributed by atoms with van der Waals surface area (Å²) in [5.41, 5.74) is 4.63. The predicted molar refractivity (Wildman–Crippen MR) is 114 cm³/mol. The molecule has 3 aromatic rings. The number of carbonyl (C=O) groups is 2. The lowest BCUT2D eigenvalue weighted by Crippen LogP contribution is -2.33. The van der Waals surface area contributed by atoms with Crippen LogP contribution in [0.1, 0.15) is 18.1 Å². The minimum absolute atomic E-state index is 0.0231. The van der Waals surface area contributed by atoms with E-state index in [1.807, 2.05) is 6.92 Å². The maximum Gasteiger partial charge on any atom is 0.419 e. The first-order chi connectivity index (χ1) is 16.1. The Bertz CT molecular complexity index is 1280. The Morgan fingerprint density at radius 2 is 1.82 bits per heavy atom. The number of amides is 3. The molecule has 1 aliphatic rings. The number of nitrogens with two attached hydrogens (primary N) is 1. The monoisotopic (exact) mass is 475 g/mol. The highest BCUT2D eigenvalue weighted by Gasteiger charge is 2.40. The fourth-order valence-electron chi connectivity index (χ4n) is 3.46. The zero-order valence-corrected chi connectivity index (χ0v) is 17.6. The van der Waals surface area contributed by atoms with Gasteiger partial charge in [-0.25, -0.2) is 19.1 Å². The van der Waals surface area contributed by atoms with Gasteiger partial charge in [0.15, 0.2) is 0 Å². The molecule has 2 N–H and O–H groups in total. The molecule has 0 unspecified atom stereocenters. The number of alkyl halides is 3. The number of hydrogen-bond acceptors (Lipinski definition) is 6. The molecule has 0 spiro atoms. The topological polar surface area (TPSA) is 102 Å². The Balaban J connectivity index is 1.63. The maximum absolute atomic E-state index is 13.6. The largest absolute Gasteiger partial charge is 0.439 e. The van der Waals surface area contributed by atoms with Crippen molar-refractivity contribution in [2.45, 2.75) is 19.5 Å². The lowest BCUT2D eigenvalue weighted by atomic mass is 10.1. The zero-order valence-electron chi connectivity index (χ0n) is 17.6. The fourth-order valence-corrected chi connectivity index (χ4v) is 3.46. The van der Waals surface area contributed by atoms with Gasteiger partial charge >= 0.3 is 12.2 Å². The van der Waals surface area contributed by atoms with Crippen molar-refractivity contribution in [3.05, 3.63) is 65.6 Å². The van der Waals surface area contributed by atoms with Crippen molar-refractivity contribution >= 4 is 29.3 Å². The SMILES string of the molecule is CCc1cc(N2C(=O)CN(c3ccc(F)c(C(F)(F)F)c3)C2=O)ccc1Oc1ccnc(N)n1. The van der Waals surface area contributed by atoms with E-state index in [4.69, 9.17) is 10.5 Å². The average molecular weight is 475 g/mol. The predicted octanol–water partition coefficient (Wildman–Crippen LogP) is 4.54. The number of benzene rings is 2. The summed E-state index contributed by atoms with van der Waals surface area (Å²) in [6, 6.07) is 7.34. The van der Waals surface area contributed by atoms with E-state index in [-0.39, 0.29) is 23.2 Å². The normalized spacial score (nSPS) is 14.1. The van der Waals surface area contributed by atoms with E-state index < -0.39 is 36.0 Å². The molecule has 4 rings (SSSR count). The van der Waals surface area contributed by atoms with Gasteiger partial charge in [0.25, 0.3) is 5.91 Å². The highest BCUT2D eigenvalue weighted by atomic mass is 19.4. The molecule has 0 saturated carbocycles. The first-order valence-electron chi connectivity index (χ1n) is 9.99. The summed E-state index contributed by atoms with van der Waals surface area (Å²) in [6.45, 7) is 1.33. The number of carbonyl (C=O) groups excluding carboxylic acids is 2. The van der Waals surface area contributed by atoms with Crippen LogP contribution in [0.5, 0.6) is 11.6 Å². The Morgan fingerprint density at radius 1 is 1.09 bits per heavy atom. The number of imide groups is 1. The Kier molecular flexibility index (Phi) is 5.82. The molecular weight excluding hydrogens is 458 g/mol. The lowest BCUT2D eigenvalue weighted by molar-refractivity contribution is -0.139. The first-order valence-corrected chi connectivity index (χ1v) is 9.99. The van der Waals surface area contributed by atoms with Crippen LogP contribution in [0.3, 0.4) is 0 Å². The second-order valence-corrected chi connectivity index (χ2v) is 7.26. The molecule has 12 heteroatoms. The molecule has 34 heavy (non-hydrogen) atoms. The number of nitrogens with zero attached hydrogens (tertiary/aromatic N) is 4. The summed E-state index contributed by atoms with van der Waals surface area (Å²) in [4.78, 5) is 35.0. The van der Waals surface area contributed by atoms with Crippen LogP contribution in [0.15, 0.2) is 48.7 Å². The molecular formula is C22H17F4N5O3. The van der Waals surface area contributed by atoms with Gasteiger partial charge in [-0.1, -0.05) is 6.92 Å². The summed E-state index contributed by atoms with van der Waals surface area (Å²) in [5.74, 6) is -1.49. The summed E-state index contributed by atoms with van der Waals surface area (Å²) in [7, 11) is 0. The van der Waals surface area contributed by atoms with E-state index in [0.717, 1.165) is 15.9 Å². The summed E-state index contributed by atoms with van der Waals surface area (Å²) < 4.78 is 58.6. The molecule has 8 nitrogen and oxygen atoms in total. The molecule has 0 atom stereocenters. The third kappa shape index (κ3) is 4.34. The number of ether oxygens (including phenoxy) is 1. The number of hydrogen-bond donors (Lipinski definition) is 1. The van der Waals surface area contributed by atoms with Gasteiger partial charge in [0.05, 0.1) is 11.3 Å². The highest BCUT2D eigenvalue weighted by molar-refractivity contribution is 6.27. The van der Waals surface area contributed by atoms with Gasteiger partial charge in [-0.3, -0.25) is 9.69 Å². The van der Waals surface area contributed by atoms with Gasteiger partial charge < -0.3 is 10.5 Å². The summed E-state index contributed by atoms with van der Waals surface area (Å²) in [5, 5.41) is 0. The van der Waals surface area contributed by atoms with Crippen LogP contribution in [0.4, 0.5) is 39.7 Å². The molecule has 1 aromatic heterocycles. The van der Waals surface area contributed by atoms with E-state index in [2.05, 4.69) is 9.97 Å². The van der Waals surface area contributed by atoms with Crippen molar-refractivity contribution in [2.24, 2.45) is 0 Å². The fraction of sp³-hybridized carbons (Fsp3) is 0.182. The number of rotatable bonds is 5. The van der Waals surface area contributed by atoms with Gasteiger partial charge in [0.1, 0.15) is 18.1 Å². The molecule has 176 valence electrons. The third-order valence-electron chi connectivity index (χ3n) is 5.08. The van der Waals surface area contributed by atoms with Crippen LogP contribution < -0.4 is 20.3 Å². The van der Waals surface area contributed by atoms with Crippen molar-refractivity contribution in [1.29, 1.82) is 0 Å². The Labute approximate surface area is 190 Å². The van der Waals surface area contributed by atoms with Crippen molar-refractivity contribution in [1.82, 2.24) is 9.97 Å². The quantitative estimate of drug-likeness (QED) is 0.429. The van der Waals surface area contributed by atoms with Gasteiger partial charge in [-0.15, -0.1) is 0 Å². The van der Waals surface area contributed by atoms with Crippen molar-refractivity contribution in [3.8, 4) is 11.6 Å². The average Bonchev–Trinajstić information content (AvgIpc) is 3.07. The third-order valence-corrected chi connectivity index (χ3v) is 5.08. The van der Waals surface area contributed by atoms with Gasteiger partial charge in [0.2, 0.25) is 11.8 Å². The van der Waals surface area contributed by atoms with Crippen LogP contribution in [0.25, 0.3) is 0 Å². The second-order valence-electron chi connectivity index (χ2n) is 7.26. The summed E-state index contributed by atoms with van der Waals surface area (Å²) >= 11 is 0. The first kappa shape index (κ1) is 23.0. The number of urea groups is 1. The van der Waals surface area contributed by atoms with Crippen molar-refractivity contribution < 1.29 is 31.9 Å². The summed E-state index contributed by atoms with van der Waals surface area (Å²) in [6.07, 6.45) is -3.06.